The second-order valence-electron chi connectivity index (χ2n) is 6.02. The first-order valence-corrected chi connectivity index (χ1v) is 8.94. The van der Waals surface area contributed by atoms with Gasteiger partial charge in [0.05, 0.1) is 22.9 Å². The number of aryl methyl sites for hydroxylation is 1. The van der Waals surface area contributed by atoms with Crippen LogP contribution in [-0.4, -0.2) is 52.4 Å². The van der Waals surface area contributed by atoms with Gasteiger partial charge in [-0.05, 0) is 19.4 Å². The molecule has 0 saturated carbocycles. The number of thiazole rings is 1. The summed E-state index contributed by atoms with van der Waals surface area (Å²) in [6.07, 6.45) is 2.70. The quantitative estimate of drug-likeness (QED) is 0.817. The van der Waals surface area contributed by atoms with E-state index in [1.165, 1.54) is 17.7 Å². The third-order valence-electron chi connectivity index (χ3n) is 4.24. The maximum Gasteiger partial charge on any atom is 0.245 e. The van der Waals surface area contributed by atoms with Gasteiger partial charge in [-0.3, -0.25) is 14.4 Å². The third kappa shape index (κ3) is 4.00. The molecule has 0 unspecified atom stereocenters. The van der Waals surface area contributed by atoms with Crippen molar-refractivity contribution < 1.29 is 9.53 Å². The van der Waals surface area contributed by atoms with Crippen molar-refractivity contribution >= 4 is 17.2 Å². The largest absolute Gasteiger partial charge is 0.375 e. The van der Waals surface area contributed by atoms with Gasteiger partial charge in [0.25, 0.3) is 0 Å². The average Bonchev–Trinajstić information content (AvgIpc) is 3.17. The molecule has 2 aromatic rings. The molecule has 0 radical (unpaired) electrons. The summed E-state index contributed by atoms with van der Waals surface area (Å²) in [7, 11) is 1.52. The molecule has 0 spiro atoms. The first kappa shape index (κ1) is 17.1. The van der Waals surface area contributed by atoms with Crippen LogP contribution in [0.4, 0.5) is 0 Å². The minimum Gasteiger partial charge on any atom is -0.375 e. The number of aromatic nitrogens is 3. The second-order valence-corrected chi connectivity index (χ2v) is 6.96. The SMILES string of the molecule is COCC(=O)NCC[C@@H]1CN(Cc2scnc2C)Cc2ccnn21. The first-order chi connectivity index (χ1) is 11.7. The van der Waals surface area contributed by atoms with Crippen LogP contribution in [0.25, 0.3) is 0 Å². The van der Waals surface area contributed by atoms with Crippen LogP contribution in [0.2, 0.25) is 0 Å². The minimum atomic E-state index is -0.0776. The molecule has 0 aliphatic carbocycles. The molecule has 1 atom stereocenters. The topological polar surface area (TPSA) is 72.3 Å². The number of rotatable bonds is 7. The summed E-state index contributed by atoms with van der Waals surface area (Å²) in [5.74, 6) is -0.0776. The lowest BCUT2D eigenvalue weighted by molar-refractivity contribution is -0.124. The Hall–Kier alpha value is -1.77. The van der Waals surface area contributed by atoms with Crippen LogP contribution >= 0.6 is 11.3 Å². The van der Waals surface area contributed by atoms with E-state index in [1.54, 1.807) is 11.3 Å². The number of hydrogen-bond donors (Lipinski definition) is 1. The minimum absolute atomic E-state index is 0.0776. The number of methoxy groups -OCH3 is 1. The molecule has 0 fully saturated rings. The van der Waals surface area contributed by atoms with Crippen LogP contribution in [0.1, 0.15) is 28.7 Å². The Morgan fingerprint density at radius 2 is 2.42 bits per heavy atom. The molecule has 1 aliphatic rings. The third-order valence-corrected chi connectivity index (χ3v) is 5.16. The Bertz CT molecular complexity index is 684. The summed E-state index contributed by atoms with van der Waals surface area (Å²) in [6, 6.07) is 2.34. The van der Waals surface area contributed by atoms with Gasteiger partial charge in [0.15, 0.2) is 0 Å². The van der Waals surface area contributed by atoms with Crippen LogP contribution in [0.15, 0.2) is 17.8 Å². The standard InChI is InChI=1S/C16H23N5O2S/c1-12-15(24-11-18-12)9-20-7-13(3-5-17-16(22)10-23-2)21-14(8-20)4-6-19-21/h4,6,11,13H,3,5,7-10H2,1-2H3,(H,17,22)/t13-/m1/s1. The summed E-state index contributed by atoms with van der Waals surface area (Å²) >= 11 is 1.71. The molecule has 3 heterocycles. The number of carbonyl (C=O) groups excluding carboxylic acids is 1. The van der Waals surface area contributed by atoms with Crippen molar-refractivity contribution in [3.63, 3.8) is 0 Å². The van der Waals surface area contributed by atoms with Gasteiger partial charge in [0.2, 0.25) is 5.91 Å². The van der Waals surface area contributed by atoms with Gasteiger partial charge in [0, 0.05) is 44.4 Å². The lowest BCUT2D eigenvalue weighted by atomic mass is 10.1. The molecule has 7 nitrogen and oxygen atoms in total. The molecule has 8 heteroatoms. The van der Waals surface area contributed by atoms with E-state index >= 15 is 0 Å². The second kappa shape index (κ2) is 7.87. The molecule has 3 rings (SSSR count). The normalized spacial score (nSPS) is 17.7. The lowest BCUT2D eigenvalue weighted by Crippen LogP contribution is -2.39. The summed E-state index contributed by atoms with van der Waals surface area (Å²) in [6.45, 7) is 5.52. The number of nitrogens with one attached hydrogen (secondary N) is 1. The van der Waals surface area contributed by atoms with Gasteiger partial charge in [-0.15, -0.1) is 11.3 Å². The van der Waals surface area contributed by atoms with Crippen LogP contribution in [0.3, 0.4) is 0 Å². The molecule has 0 saturated heterocycles. The highest BCUT2D eigenvalue weighted by Crippen LogP contribution is 2.25. The van der Waals surface area contributed by atoms with E-state index in [0.29, 0.717) is 6.54 Å². The molecular formula is C16H23N5O2S. The Morgan fingerprint density at radius 3 is 3.17 bits per heavy atom. The molecule has 2 aromatic heterocycles. The average molecular weight is 349 g/mol. The zero-order valence-corrected chi connectivity index (χ0v) is 14.9. The highest BCUT2D eigenvalue weighted by molar-refractivity contribution is 7.09. The molecule has 0 bridgehead atoms. The summed E-state index contributed by atoms with van der Waals surface area (Å²) in [5, 5.41) is 7.36. The lowest BCUT2D eigenvalue weighted by Gasteiger charge is -2.33. The van der Waals surface area contributed by atoms with Crippen molar-refractivity contribution in [2.45, 2.75) is 32.5 Å². The summed E-state index contributed by atoms with van der Waals surface area (Å²) in [5.41, 5.74) is 4.24. The van der Waals surface area contributed by atoms with Crippen molar-refractivity contribution in [2.75, 3.05) is 26.8 Å². The van der Waals surface area contributed by atoms with E-state index < -0.39 is 0 Å². The Morgan fingerprint density at radius 1 is 1.54 bits per heavy atom. The number of carbonyl (C=O) groups is 1. The van der Waals surface area contributed by atoms with Gasteiger partial charge in [0.1, 0.15) is 6.61 Å². The van der Waals surface area contributed by atoms with Crippen molar-refractivity contribution in [3.8, 4) is 0 Å². The van der Waals surface area contributed by atoms with Crippen LogP contribution in [0, 0.1) is 6.92 Å². The van der Waals surface area contributed by atoms with E-state index in [4.69, 9.17) is 4.74 Å². The molecule has 1 aliphatic heterocycles. The first-order valence-electron chi connectivity index (χ1n) is 8.06. The summed E-state index contributed by atoms with van der Waals surface area (Å²) < 4.78 is 6.93. The van der Waals surface area contributed by atoms with Crippen molar-refractivity contribution in [2.24, 2.45) is 0 Å². The van der Waals surface area contributed by atoms with Crippen LogP contribution in [-0.2, 0) is 22.6 Å². The fourth-order valence-corrected chi connectivity index (χ4v) is 3.86. The maximum absolute atomic E-state index is 11.5. The Balaban J connectivity index is 1.61. The predicted molar refractivity (Wildman–Crippen MR) is 91.7 cm³/mol. The molecule has 24 heavy (non-hydrogen) atoms. The van der Waals surface area contributed by atoms with E-state index in [9.17, 15) is 4.79 Å². The monoisotopic (exact) mass is 349 g/mol. The highest BCUT2D eigenvalue weighted by atomic mass is 32.1. The fraction of sp³-hybridized carbons (Fsp3) is 0.562. The highest BCUT2D eigenvalue weighted by Gasteiger charge is 2.26. The molecule has 130 valence electrons. The van der Waals surface area contributed by atoms with E-state index in [1.807, 2.05) is 11.7 Å². The van der Waals surface area contributed by atoms with Crippen LogP contribution in [0.5, 0.6) is 0 Å². The number of ether oxygens (including phenoxy) is 1. The number of nitrogens with zero attached hydrogens (tertiary/aromatic N) is 4. The van der Waals surface area contributed by atoms with Gasteiger partial charge in [-0.2, -0.15) is 5.10 Å². The Kier molecular flexibility index (Phi) is 5.60. The molecule has 1 amide bonds. The van der Waals surface area contributed by atoms with E-state index in [2.05, 4.69) is 38.0 Å². The van der Waals surface area contributed by atoms with Gasteiger partial charge >= 0.3 is 0 Å². The van der Waals surface area contributed by atoms with Gasteiger partial charge in [-0.25, -0.2) is 4.98 Å². The maximum atomic E-state index is 11.5. The van der Waals surface area contributed by atoms with Crippen molar-refractivity contribution in [3.05, 3.63) is 34.0 Å². The molecular weight excluding hydrogens is 326 g/mol. The molecule has 0 aromatic carbocycles. The number of hydrogen-bond acceptors (Lipinski definition) is 6. The van der Waals surface area contributed by atoms with Crippen molar-refractivity contribution in [1.82, 2.24) is 25.0 Å². The predicted octanol–water partition coefficient (Wildman–Crippen LogP) is 1.36. The fourth-order valence-electron chi connectivity index (χ4n) is 3.04. The zero-order valence-electron chi connectivity index (χ0n) is 14.1. The zero-order chi connectivity index (χ0) is 16.9. The Labute approximate surface area is 145 Å². The molecule has 1 N–H and O–H groups in total. The number of amides is 1. The van der Waals surface area contributed by atoms with Gasteiger partial charge in [-0.1, -0.05) is 0 Å². The van der Waals surface area contributed by atoms with Crippen molar-refractivity contribution in [1.29, 1.82) is 0 Å². The van der Waals surface area contributed by atoms with Crippen LogP contribution < -0.4 is 5.32 Å². The van der Waals surface area contributed by atoms with E-state index in [0.717, 1.165) is 31.7 Å². The smallest absolute Gasteiger partial charge is 0.245 e. The number of fused-ring (bicyclic) bond motifs is 1. The van der Waals surface area contributed by atoms with Gasteiger partial charge < -0.3 is 10.1 Å². The summed E-state index contributed by atoms with van der Waals surface area (Å²) in [4.78, 5) is 19.6. The van der Waals surface area contributed by atoms with E-state index in [-0.39, 0.29) is 18.6 Å².